The topological polar surface area (TPSA) is 34.5 Å². The van der Waals surface area contributed by atoms with Crippen LogP contribution in [0.1, 0.15) is 26.3 Å². The van der Waals surface area contributed by atoms with Gasteiger partial charge in [0.1, 0.15) is 5.75 Å². The van der Waals surface area contributed by atoms with Gasteiger partial charge in [-0.2, -0.15) is 0 Å². The van der Waals surface area contributed by atoms with Crippen LogP contribution in [0.2, 0.25) is 0 Å². The maximum absolute atomic E-state index is 14.7. The average molecular weight is 675 g/mol. The van der Waals surface area contributed by atoms with Crippen molar-refractivity contribution in [2.24, 2.45) is 0 Å². The van der Waals surface area contributed by atoms with Gasteiger partial charge in [0.25, 0.3) is 0 Å². The third-order valence-corrected chi connectivity index (χ3v) is 12.2. The number of hydrogen-bond donors (Lipinski definition) is 0. The minimum Gasteiger partial charge on any atom is -0.409 e. The molecule has 7 aromatic carbocycles. The Labute approximate surface area is 299 Å². The van der Waals surface area contributed by atoms with E-state index in [4.69, 9.17) is 4.74 Å². The predicted molar refractivity (Wildman–Crippen MR) is 216 cm³/mol. The van der Waals surface area contributed by atoms with Crippen LogP contribution in [0.5, 0.6) is 5.75 Å². The molecule has 242 valence electrons. The second kappa shape index (κ2) is 10.1. The van der Waals surface area contributed by atoms with Crippen LogP contribution in [0.3, 0.4) is 0 Å². The quantitative estimate of drug-likeness (QED) is 0.171. The Morgan fingerprint density at radius 3 is 2.22 bits per heavy atom. The Kier molecular flexibility index (Phi) is 5.74. The summed E-state index contributed by atoms with van der Waals surface area (Å²) in [5.74, 6) is 0.612. The van der Waals surface area contributed by atoms with E-state index in [0.29, 0.717) is 5.75 Å². The van der Waals surface area contributed by atoms with E-state index in [1.54, 1.807) is 0 Å². The second-order valence-electron chi connectivity index (χ2n) is 14.8. The van der Waals surface area contributed by atoms with Crippen molar-refractivity contribution in [3.8, 4) is 11.4 Å². The Bertz CT molecular complexity index is 2950. The van der Waals surface area contributed by atoms with Crippen molar-refractivity contribution in [3.63, 3.8) is 0 Å². The number of carbonyl (C=O) groups is 1. The summed E-state index contributed by atoms with van der Waals surface area (Å²) in [6.45, 7) is 6.65. The fraction of sp³-hybridized carbons (Fsp3) is 0.0889. The van der Waals surface area contributed by atoms with Crippen LogP contribution >= 0.6 is 11.3 Å². The van der Waals surface area contributed by atoms with Crippen LogP contribution in [-0.2, 0) is 5.41 Å². The fourth-order valence-corrected chi connectivity index (χ4v) is 10.1. The molecule has 0 atom stereocenters. The zero-order chi connectivity index (χ0) is 34.2. The molecule has 11 rings (SSSR count). The third kappa shape index (κ3) is 3.83. The first kappa shape index (κ1) is 28.9. The molecular weight excluding hydrogens is 643 g/mol. The summed E-state index contributed by atoms with van der Waals surface area (Å²) in [5, 5.41) is 6.60. The van der Waals surface area contributed by atoms with Crippen LogP contribution < -0.4 is 26.0 Å². The standard InChI is InChI=1S/C45H31BN2O2S/c1-45(2,3)27-21-23-28(24-22-27)46-32-25-20-26-12-11-18-34-36(26)40(32)48(44(49)50-34)41-38-30-15-7-9-17-33(30)47(29-13-5-4-6-14-29)42(38)43-37(39(41)46)31-16-8-10-19-35(31)51-43/h4-25H,1-3H3. The number of fused-ring (bicyclic) bond motifs is 11. The van der Waals surface area contributed by atoms with Gasteiger partial charge < -0.3 is 9.30 Å². The molecule has 9 aromatic rings. The minimum absolute atomic E-state index is 0.0235. The molecule has 51 heavy (non-hydrogen) atoms. The molecule has 0 saturated heterocycles. The average Bonchev–Trinajstić information content (AvgIpc) is 3.70. The second-order valence-corrected chi connectivity index (χ2v) is 15.9. The summed E-state index contributed by atoms with van der Waals surface area (Å²) in [5.41, 5.74) is 9.93. The summed E-state index contributed by atoms with van der Waals surface area (Å²) in [6, 6.07) is 47.6. The van der Waals surface area contributed by atoms with Crippen LogP contribution in [0, 0.1) is 0 Å². The summed E-state index contributed by atoms with van der Waals surface area (Å²) in [6.07, 6.45) is -0.373. The number of thiophene rings is 1. The van der Waals surface area contributed by atoms with Crippen molar-refractivity contribution in [3.05, 3.63) is 139 Å². The predicted octanol–water partition coefficient (Wildman–Crippen LogP) is 10.1. The smallest absolute Gasteiger partial charge is 0.409 e. The van der Waals surface area contributed by atoms with Crippen LogP contribution in [0.4, 0.5) is 16.2 Å². The van der Waals surface area contributed by atoms with Crippen LogP contribution in [0.25, 0.3) is 58.4 Å². The van der Waals surface area contributed by atoms with Gasteiger partial charge in [0.2, 0.25) is 6.71 Å². The van der Waals surface area contributed by atoms with Gasteiger partial charge in [0, 0.05) is 26.5 Å². The Hall–Kier alpha value is -5.85. The number of benzene rings is 7. The van der Waals surface area contributed by atoms with Gasteiger partial charge in [-0.1, -0.05) is 129 Å². The van der Waals surface area contributed by atoms with Crippen molar-refractivity contribution >= 4 is 105 Å². The Balaban J connectivity index is 1.41. The largest absolute Gasteiger partial charge is 0.424 e. The molecule has 0 fully saturated rings. The summed E-state index contributed by atoms with van der Waals surface area (Å²) in [7, 11) is 0. The van der Waals surface area contributed by atoms with E-state index in [9.17, 15) is 4.79 Å². The van der Waals surface area contributed by atoms with Gasteiger partial charge in [-0.15, -0.1) is 11.3 Å². The molecule has 4 heterocycles. The molecule has 0 aliphatic carbocycles. The van der Waals surface area contributed by atoms with Gasteiger partial charge in [0.15, 0.2) is 0 Å². The lowest BCUT2D eigenvalue weighted by Crippen LogP contribution is -2.59. The third-order valence-electron chi connectivity index (χ3n) is 11.0. The lowest BCUT2D eigenvalue weighted by atomic mass is 9.34. The summed E-state index contributed by atoms with van der Waals surface area (Å²) >= 11 is 1.84. The van der Waals surface area contributed by atoms with Crippen molar-refractivity contribution in [1.82, 2.24) is 4.57 Å². The number of hydrogen-bond acceptors (Lipinski definition) is 3. The first-order valence-corrected chi connectivity index (χ1v) is 18.3. The van der Waals surface area contributed by atoms with Crippen molar-refractivity contribution < 1.29 is 9.53 Å². The molecule has 0 saturated carbocycles. The lowest BCUT2D eigenvalue weighted by molar-refractivity contribution is 0.210. The van der Waals surface area contributed by atoms with Crippen molar-refractivity contribution in [2.75, 3.05) is 4.90 Å². The van der Waals surface area contributed by atoms with Crippen molar-refractivity contribution in [1.29, 1.82) is 0 Å². The molecule has 2 aromatic heterocycles. The number of amides is 1. The molecular formula is C45H31BN2O2S. The molecule has 6 heteroatoms. The molecule has 2 aliphatic rings. The van der Waals surface area contributed by atoms with Crippen LogP contribution in [-0.4, -0.2) is 17.4 Å². The molecule has 2 aliphatic heterocycles. The van der Waals surface area contributed by atoms with Gasteiger partial charge in [-0.3, -0.25) is 0 Å². The molecule has 0 radical (unpaired) electrons. The number of ether oxygens (including phenoxy) is 1. The highest BCUT2D eigenvalue weighted by Crippen LogP contribution is 2.51. The number of anilines is 2. The monoisotopic (exact) mass is 674 g/mol. The summed E-state index contributed by atoms with van der Waals surface area (Å²) < 4.78 is 11.1. The number of nitrogens with zero attached hydrogens (tertiary/aromatic N) is 2. The maximum atomic E-state index is 14.7. The SMILES string of the molecule is CC(C)(C)c1ccc(B2c3ccc4cccc5c4c3N(C(=O)O5)c3c2c2c4ccccc4sc2c2c3c3ccccc3n2-c2ccccc2)cc1. The highest BCUT2D eigenvalue weighted by atomic mass is 32.1. The number of para-hydroxylation sites is 2. The fourth-order valence-electron chi connectivity index (χ4n) is 8.80. The van der Waals surface area contributed by atoms with Gasteiger partial charge >= 0.3 is 6.09 Å². The van der Waals surface area contributed by atoms with Gasteiger partial charge in [0.05, 0.1) is 27.1 Å². The van der Waals surface area contributed by atoms with E-state index in [1.165, 1.54) is 31.2 Å². The van der Waals surface area contributed by atoms with E-state index < -0.39 is 0 Å². The van der Waals surface area contributed by atoms with E-state index in [1.807, 2.05) is 28.4 Å². The van der Waals surface area contributed by atoms with E-state index in [-0.39, 0.29) is 18.2 Å². The Morgan fingerprint density at radius 2 is 1.41 bits per heavy atom. The van der Waals surface area contributed by atoms with E-state index in [0.717, 1.165) is 60.6 Å². The first-order chi connectivity index (χ1) is 24.9. The number of rotatable bonds is 2. The minimum atomic E-state index is -0.373. The zero-order valence-corrected chi connectivity index (χ0v) is 29.2. The molecule has 4 nitrogen and oxygen atoms in total. The lowest BCUT2D eigenvalue weighted by Gasteiger charge is -2.39. The van der Waals surface area contributed by atoms with Gasteiger partial charge in [-0.25, -0.2) is 9.69 Å². The number of carbonyl (C=O) groups excluding carboxylic acids is 1. The molecule has 0 N–H and O–H groups in total. The van der Waals surface area contributed by atoms with Gasteiger partial charge in [-0.05, 0) is 68.4 Å². The Morgan fingerprint density at radius 1 is 0.667 bits per heavy atom. The maximum Gasteiger partial charge on any atom is 0.424 e. The molecule has 1 amide bonds. The first-order valence-electron chi connectivity index (χ1n) is 17.5. The summed E-state index contributed by atoms with van der Waals surface area (Å²) in [4.78, 5) is 16.6. The molecule has 0 unspecified atom stereocenters. The molecule has 0 bridgehead atoms. The highest BCUT2D eigenvalue weighted by Gasteiger charge is 2.45. The highest BCUT2D eigenvalue weighted by molar-refractivity contribution is 7.27. The zero-order valence-electron chi connectivity index (χ0n) is 28.4. The van der Waals surface area contributed by atoms with E-state index in [2.05, 4.69) is 147 Å². The van der Waals surface area contributed by atoms with E-state index >= 15 is 0 Å². The number of aromatic nitrogens is 1. The molecule has 0 spiro atoms. The van der Waals surface area contributed by atoms with Crippen LogP contribution in [0.15, 0.2) is 133 Å². The van der Waals surface area contributed by atoms with Crippen molar-refractivity contribution in [2.45, 2.75) is 26.2 Å². The normalized spacial score (nSPS) is 13.9.